The van der Waals surface area contributed by atoms with Crippen molar-refractivity contribution in [1.82, 2.24) is 9.97 Å². The molecule has 0 aliphatic rings. The van der Waals surface area contributed by atoms with Crippen molar-refractivity contribution in [2.45, 2.75) is 32.2 Å². The first-order valence-electron chi connectivity index (χ1n) is 6.48. The van der Waals surface area contributed by atoms with E-state index in [1.165, 1.54) is 0 Å². The fraction of sp³-hybridized carbons (Fsp3) is 0.333. The van der Waals surface area contributed by atoms with Crippen molar-refractivity contribution in [3.63, 3.8) is 0 Å². The van der Waals surface area contributed by atoms with Gasteiger partial charge in [0.15, 0.2) is 0 Å². The highest BCUT2D eigenvalue weighted by Gasteiger charge is 2.05. The summed E-state index contributed by atoms with van der Waals surface area (Å²) in [6.07, 6.45) is 4.23. The molecule has 1 heterocycles. The van der Waals surface area contributed by atoms with Crippen molar-refractivity contribution in [2.75, 3.05) is 0 Å². The van der Waals surface area contributed by atoms with Crippen molar-refractivity contribution >= 4 is 11.6 Å². The lowest BCUT2D eigenvalue weighted by Crippen LogP contribution is -2.22. The standard InChI is InChI=1S/C15H18ClN3/c1-2-13(17)10-14-6-7-18-15(19-14)9-11-4-3-5-12(16)8-11/h3-8,13H,2,9-10,17H2,1H3. The van der Waals surface area contributed by atoms with E-state index in [0.29, 0.717) is 6.42 Å². The number of nitrogens with zero attached hydrogens (tertiary/aromatic N) is 2. The van der Waals surface area contributed by atoms with Crippen LogP contribution in [0.3, 0.4) is 0 Å². The van der Waals surface area contributed by atoms with Crippen LogP contribution in [0.1, 0.15) is 30.4 Å². The minimum absolute atomic E-state index is 0.161. The maximum absolute atomic E-state index is 5.97. The highest BCUT2D eigenvalue weighted by Crippen LogP contribution is 2.13. The molecule has 0 radical (unpaired) electrons. The lowest BCUT2D eigenvalue weighted by molar-refractivity contribution is 0.633. The fourth-order valence-corrected chi connectivity index (χ4v) is 2.10. The van der Waals surface area contributed by atoms with Gasteiger partial charge in [-0.05, 0) is 30.2 Å². The normalized spacial score (nSPS) is 12.4. The fourth-order valence-electron chi connectivity index (χ4n) is 1.88. The molecule has 0 amide bonds. The predicted molar refractivity (Wildman–Crippen MR) is 78.3 cm³/mol. The van der Waals surface area contributed by atoms with E-state index in [2.05, 4.69) is 16.9 Å². The summed E-state index contributed by atoms with van der Waals surface area (Å²) in [6.45, 7) is 2.08. The Kier molecular flexibility index (Phi) is 4.88. The van der Waals surface area contributed by atoms with Gasteiger partial charge in [-0.25, -0.2) is 9.97 Å². The van der Waals surface area contributed by atoms with Crippen LogP contribution in [-0.2, 0) is 12.8 Å². The van der Waals surface area contributed by atoms with E-state index in [4.69, 9.17) is 17.3 Å². The molecule has 0 bridgehead atoms. The summed E-state index contributed by atoms with van der Waals surface area (Å²) >= 11 is 5.97. The van der Waals surface area contributed by atoms with Crippen LogP contribution in [0, 0.1) is 0 Å². The number of hydrogen-bond acceptors (Lipinski definition) is 3. The van der Waals surface area contributed by atoms with E-state index >= 15 is 0 Å². The van der Waals surface area contributed by atoms with Crippen molar-refractivity contribution in [1.29, 1.82) is 0 Å². The molecule has 2 rings (SSSR count). The molecule has 1 atom stereocenters. The monoisotopic (exact) mass is 275 g/mol. The van der Waals surface area contributed by atoms with Crippen LogP contribution in [0.15, 0.2) is 36.5 Å². The Balaban J connectivity index is 2.10. The van der Waals surface area contributed by atoms with Gasteiger partial charge in [0.2, 0.25) is 0 Å². The molecule has 1 aromatic carbocycles. The van der Waals surface area contributed by atoms with E-state index in [9.17, 15) is 0 Å². The van der Waals surface area contributed by atoms with Gasteiger partial charge in [0.05, 0.1) is 0 Å². The molecule has 4 heteroatoms. The Bertz CT molecular complexity index is 542. The van der Waals surface area contributed by atoms with Gasteiger partial charge in [0.1, 0.15) is 5.82 Å². The van der Waals surface area contributed by atoms with E-state index in [1.807, 2.05) is 30.3 Å². The quantitative estimate of drug-likeness (QED) is 0.913. The van der Waals surface area contributed by atoms with Crippen LogP contribution in [0.4, 0.5) is 0 Å². The molecule has 1 aromatic heterocycles. The third-order valence-electron chi connectivity index (χ3n) is 3.01. The molecular weight excluding hydrogens is 258 g/mol. The summed E-state index contributed by atoms with van der Waals surface area (Å²) in [4.78, 5) is 8.85. The molecule has 2 aromatic rings. The molecule has 0 aliphatic heterocycles. The van der Waals surface area contributed by atoms with Gasteiger partial charge in [-0.1, -0.05) is 30.7 Å². The first kappa shape index (κ1) is 14.0. The summed E-state index contributed by atoms with van der Waals surface area (Å²) in [5, 5.41) is 0.738. The van der Waals surface area contributed by atoms with E-state index in [-0.39, 0.29) is 6.04 Å². The zero-order valence-corrected chi connectivity index (χ0v) is 11.8. The zero-order chi connectivity index (χ0) is 13.7. The molecule has 2 N–H and O–H groups in total. The van der Waals surface area contributed by atoms with E-state index < -0.39 is 0 Å². The lowest BCUT2D eigenvalue weighted by atomic mass is 10.1. The Morgan fingerprint density at radius 1 is 1.32 bits per heavy atom. The summed E-state index contributed by atoms with van der Waals surface area (Å²) in [7, 11) is 0. The number of aromatic nitrogens is 2. The van der Waals surface area contributed by atoms with Crippen molar-refractivity contribution in [2.24, 2.45) is 5.73 Å². The molecule has 0 spiro atoms. The topological polar surface area (TPSA) is 51.8 Å². The Morgan fingerprint density at radius 3 is 2.89 bits per heavy atom. The van der Waals surface area contributed by atoms with E-state index in [0.717, 1.165) is 34.9 Å². The molecule has 0 fully saturated rings. The summed E-state index contributed by atoms with van der Waals surface area (Å²) in [5.41, 5.74) is 8.07. The Labute approximate surface area is 118 Å². The van der Waals surface area contributed by atoms with Crippen molar-refractivity contribution in [3.8, 4) is 0 Å². The number of rotatable bonds is 5. The molecule has 0 saturated carbocycles. The number of halogens is 1. The minimum atomic E-state index is 0.161. The third kappa shape index (κ3) is 4.30. The Morgan fingerprint density at radius 2 is 2.16 bits per heavy atom. The average Bonchev–Trinajstić information content (AvgIpc) is 2.39. The highest BCUT2D eigenvalue weighted by atomic mass is 35.5. The zero-order valence-electron chi connectivity index (χ0n) is 11.0. The maximum atomic E-state index is 5.97. The molecule has 0 saturated heterocycles. The van der Waals surface area contributed by atoms with E-state index in [1.54, 1.807) is 6.20 Å². The van der Waals surface area contributed by atoms with Gasteiger partial charge in [0, 0.05) is 35.8 Å². The second kappa shape index (κ2) is 6.64. The molecule has 100 valence electrons. The molecular formula is C15H18ClN3. The van der Waals surface area contributed by atoms with Gasteiger partial charge >= 0.3 is 0 Å². The SMILES string of the molecule is CCC(N)Cc1ccnc(Cc2cccc(Cl)c2)n1. The molecule has 1 unspecified atom stereocenters. The predicted octanol–water partition coefficient (Wildman–Crippen LogP) is 3.00. The lowest BCUT2D eigenvalue weighted by Gasteiger charge is -2.08. The van der Waals surface area contributed by atoms with Crippen LogP contribution >= 0.6 is 11.6 Å². The Hall–Kier alpha value is -1.45. The average molecular weight is 276 g/mol. The van der Waals surface area contributed by atoms with Gasteiger partial charge in [-0.2, -0.15) is 0 Å². The van der Waals surface area contributed by atoms with Gasteiger partial charge in [0.25, 0.3) is 0 Å². The van der Waals surface area contributed by atoms with Crippen LogP contribution < -0.4 is 5.73 Å². The summed E-state index contributed by atoms with van der Waals surface area (Å²) in [5.74, 6) is 0.808. The highest BCUT2D eigenvalue weighted by molar-refractivity contribution is 6.30. The summed E-state index contributed by atoms with van der Waals surface area (Å²) in [6, 6.07) is 9.86. The van der Waals surface area contributed by atoms with Crippen LogP contribution in [0.25, 0.3) is 0 Å². The summed E-state index contributed by atoms with van der Waals surface area (Å²) < 4.78 is 0. The number of benzene rings is 1. The second-order valence-electron chi connectivity index (χ2n) is 4.64. The number of hydrogen-bond donors (Lipinski definition) is 1. The van der Waals surface area contributed by atoms with Crippen LogP contribution in [-0.4, -0.2) is 16.0 Å². The molecule has 19 heavy (non-hydrogen) atoms. The maximum Gasteiger partial charge on any atom is 0.132 e. The smallest absolute Gasteiger partial charge is 0.132 e. The third-order valence-corrected chi connectivity index (χ3v) is 3.25. The molecule has 3 nitrogen and oxygen atoms in total. The van der Waals surface area contributed by atoms with Gasteiger partial charge < -0.3 is 5.73 Å². The molecule has 0 aliphatic carbocycles. The van der Waals surface area contributed by atoms with Crippen molar-refractivity contribution in [3.05, 3.63) is 58.6 Å². The first-order chi connectivity index (χ1) is 9.17. The number of nitrogens with two attached hydrogens (primary N) is 1. The van der Waals surface area contributed by atoms with Crippen molar-refractivity contribution < 1.29 is 0 Å². The minimum Gasteiger partial charge on any atom is -0.327 e. The van der Waals surface area contributed by atoms with Crippen LogP contribution in [0.2, 0.25) is 5.02 Å². The van der Waals surface area contributed by atoms with Gasteiger partial charge in [-0.3, -0.25) is 0 Å². The largest absolute Gasteiger partial charge is 0.327 e. The van der Waals surface area contributed by atoms with Crippen LogP contribution in [0.5, 0.6) is 0 Å². The second-order valence-corrected chi connectivity index (χ2v) is 5.08. The first-order valence-corrected chi connectivity index (χ1v) is 6.86. The van der Waals surface area contributed by atoms with Gasteiger partial charge in [-0.15, -0.1) is 0 Å².